The molecule has 0 radical (unpaired) electrons. The number of aliphatic carboxylic acids is 1. The largest absolute Gasteiger partial charge is 0.504 e. The highest BCUT2D eigenvalue weighted by Gasteiger charge is 2.70. The number of hydrogen-bond donors (Lipinski definition) is 5. The molecule has 15 nitrogen and oxygen atoms in total. The summed E-state index contributed by atoms with van der Waals surface area (Å²) in [5, 5.41) is 30.9. The van der Waals surface area contributed by atoms with Gasteiger partial charge in [0.15, 0.2) is 27.4 Å². The molecule has 0 aromatic heterocycles. The van der Waals surface area contributed by atoms with Crippen molar-refractivity contribution < 1.29 is 52.5 Å². The van der Waals surface area contributed by atoms with Gasteiger partial charge in [-0.15, -0.1) is 0 Å². The summed E-state index contributed by atoms with van der Waals surface area (Å²) in [5.41, 5.74) is 4.27. The molecule has 0 saturated carbocycles. The van der Waals surface area contributed by atoms with Gasteiger partial charge in [0, 0.05) is 12.0 Å². The van der Waals surface area contributed by atoms with Gasteiger partial charge in [-0.3, -0.25) is 15.0 Å². The number of oxime groups is 1. The number of carbonyl (C=O) groups is 4. The van der Waals surface area contributed by atoms with Crippen molar-refractivity contribution in [2.75, 3.05) is 6.61 Å². The zero-order valence-electron chi connectivity index (χ0n) is 18.3. The van der Waals surface area contributed by atoms with E-state index in [9.17, 15) is 42.9 Å². The number of phenolic OH excluding ortho intramolecular Hbond substituents is 2. The Morgan fingerprint density at radius 1 is 1.28 bits per heavy atom. The predicted molar refractivity (Wildman–Crippen MR) is 117 cm³/mol. The number of fused-ring (bicyclic) bond motifs is 1. The van der Waals surface area contributed by atoms with Crippen molar-refractivity contribution in [3.8, 4) is 11.5 Å². The SMILES string of the molecule is C[C@]1(COC(=O)NNC(=O)C2CC(c3ccc(O)c(O)c3Cl)=NO2)[C@@H](C(=O)O)N2C(=O)C[C@H]2S1(=O)=O. The third-order valence-electron chi connectivity index (χ3n) is 6.19. The molecule has 2 saturated heterocycles. The second-order valence-corrected chi connectivity index (χ2v) is 11.3. The Hall–Kier alpha value is -3.79. The third kappa shape index (κ3) is 3.81. The Morgan fingerprint density at radius 2 is 1.97 bits per heavy atom. The fourth-order valence-electron chi connectivity index (χ4n) is 4.16. The van der Waals surface area contributed by atoms with E-state index in [1.54, 1.807) is 0 Å². The molecule has 0 spiro atoms. The first-order valence-electron chi connectivity index (χ1n) is 10.2. The molecule has 5 N–H and O–H groups in total. The maximum Gasteiger partial charge on any atom is 0.426 e. The van der Waals surface area contributed by atoms with Crippen LogP contribution in [-0.2, 0) is 33.8 Å². The van der Waals surface area contributed by atoms with Crippen LogP contribution in [0.2, 0.25) is 5.02 Å². The molecule has 194 valence electrons. The molecule has 3 aliphatic rings. The molecule has 3 heterocycles. The normalized spacial score (nSPS) is 27.8. The van der Waals surface area contributed by atoms with Crippen molar-refractivity contribution in [1.29, 1.82) is 0 Å². The van der Waals surface area contributed by atoms with E-state index in [1.165, 1.54) is 12.1 Å². The van der Waals surface area contributed by atoms with Crippen LogP contribution >= 0.6 is 11.6 Å². The van der Waals surface area contributed by atoms with E-state index in [0.717, 1.165) is 11.8 Å². The van der Waals surface area contributed by atoms with Crippen LogP contribution in [0.15, 0.2) is 17.3 Å². The Bertz CT molecular complexity index is 1320. The van der Waals surface area contributed by atoms with E-state index in [1.807, 2.05) is 10.9 Å². The minimum atomic E-state index is -4.18. The number of aromatic hydroxyl groups is 2. The van der Waals surface area contributed by atoms with E-state index < -0.39 is 74.1 Å². The van der Waals surface area contributed by atoms with Crippen molar-refractivity contribution in [1.82, 2.24) is 15.8 Å². The zero-order valence-corrected chi connectivity index (χ0v) is 19.9. The van der Waals surface area contributed by atoms with Gasteiger partial charge >= 0.3 is 12.1 Å². The lowest BCUT2D eigenvalue weighted by Gasteiger charge is -2.35. The number of carboxylic acid groups (broad SMARTS) is 1. The minimum Gasteiger partial charge on any atom is -0.504 e. The average Bonchev–Trinajstić information content (AvgIpc) is 3.35. The molecule has 4 atom stereocenters. The molecule has 4 rings (SSSR count). The highest BCUT2D eigenvalue weighted by atomic mass is 35.5. The molecular formula is C19H19ClN4O11S. The quantitative estimate of drug-likeness (QED) is 0.175. The second kappa shape index (κ2) is 8.70. The maximum absolute atomic E-state index is 12.8. The van der Waals surface area contributed by atoms with Crippen LogP contribution in [0.5, 0.6) is 11.5 Å². The van der Waals surface area contributed by atoms with Crippen LogP contribution in [0, 0.1) is 0 Å². The molecule has 0 bridgehead atoms. The average molecular weight is 547 g/mol. The van der Waals surface area contributed by atoms with Crippen molar-refractivity contribution in [3.63, 3.8) is 0 Å². The van der Waals surface area contributed by atoms with Gasteiger partial charge in [-0.05, 0) is 19.1 Å². The molecule has 1 aromatic rings. The number of hydrogen-bond acceptors (Lipinski definition) is 11. The molecule has 0 aliphatic carbocycles. The lowest BCUT2D eigenvalue weighted by Crippen LogP contribution is -2.58. The number of nitrogens with one attached hydrogen (secondary N) is 2. The number of halogens is 1. The van der Waals surface area contributed by atoms with Crippen molar-refractivity contribution >= 4 is 51.0 Å². The van der Waals surface area contributed by atoms with Gasteiger partial charge in [0.2, 0.25) is 12.0 Å². The van der Waals surface area contributed by atoms with E-state index >= 15 is 0 Å². The summed E-state index contributed by atoms with van der Waals surface area (Å²) in [5.74, 6) is -4.11. The van der Waals surface area contributed by atoms with Crippen LogP contribution in [0.25, 0.3) is 0 Å². The smallest absolute Gasteiger partial charge is 0.426 e. The molecule has 17 heteroatoms. The summed E-state index contributed by atoms with van der Waals surface area (Å²) in [6.45, 7) is 0.167. The number of carboxylic acids is 1. The third-order valence-corrected chi connectivity index (χ3v) is 9.32. The second-order valence-electron chi connectivity index (χ2n) is 8.38. The summed E-state index contributed by atoms with van der Waals surface area (Å²) in [6, 6.07) is 0.778. The van der Waals surface area contributed by atoms with Crippen molar-refractivity contribution in [2.24, 2.45) is 5.16 Å². The number of benzene rings is 1. The maximum atomic E-state index is 12.8. The van der Waals surface area contributed by atoms with Gasteiger partial charge in [0.05, 0.1) is 17.2 Å². The Kier molecular flexibility index (Phi) is 6.12. The Morgan fingerprint density at radius 3 is 2.61 bits per heavy atom. The predicted octanol–water partition coefficient (Wildman–Crippen LogP) is -0.800. The molecule has 1 unspecified atom stereocenters. The fourth-order valence-corrected chi connectivity index (χ4v) is 6.70. The molecule has 3 aliphatic heterocycles. The fraction of sp³-hybridized carbons (Fsp3) is 0.421. The Labute approximate surface area is 207 Å². The monoisotopic (exact) mass is 546 g/mol. The summed E-state index contributed by atoms with van der Waals surface area (Å²) >= 11 is 5.97. The van der Waals surface area contributed by atoms with Crippen molar-refractivity contribution in [3.05, 3.63) is 22.7 Å². The lowest BCUT2D eigenvalue weighted by atomic mass is 9.97. The van der Waals surface area contributed by atoms with Gasteiger partial charge in [0.1, 0.15) is 16.7 Å². The zero-order chi connectivity index (χ0) is 26.6. The molecule has 1 aromatic carbocycles. The molecular weight excluding hydrogens is 528 g/mol. The van der Waals surface area contributed by atoms with Gasteiger partial charge < -0.3 is 29.8 Å². The van der Waals surface area contributed by atoms with Gasteiger partial charge in [0.25, 0.3) is 5.91 Å². The van der Waals surface area contributed by atoms with Crippen LogP contribution in [-0.4, -0.2) is 87.1 Å². The van der Waals surface area contributed by atoms with Gasteiger partial charge in [-0.1, -0.05) is 16.8 Å². The Balaban J connectivity index is 1.32. The summed E-state index contributed by atoms with van der Waals surface area (Å²) in [6.07, 6.45) is -2.99. The first-order chi connectivity index (χ1) is 16.8. The topological polar surface area (TPSA) is 221 Å². The first-order valence-corrected chi connectivity index (χ1v) is 12.2. The van der Waals surface area contributed by atoms with Gasteiger partial charge in [-0.2, -0.15) is 0 Å². The van der Waals surface area contributed by atoms with E-state index in [2.05, 4.69) is 5.16 Å². The first kappa shape index (κ1) is 25.3. The van der Waals surface area contributed by atoms with Crippen LogP contribution in [0.4, 0.5) is 4.79 Å². The summed E-state index contributed by atoms with van der Waals surface area (Å²) in [4.78, 5) is 53.6. The number of carbonyl (C=O) groups excluding carboxylic acids is 3. The van der Waals surface area contributed by atoms with Crippen LogP contribution in [0.1, 0.15) is 25.3 Å². The standard InChI is InChI=1S/C19H19ClN4O11S/c1-19(15(17(29)30)24-11(26)5-12(24)36(19,32)33)6-34-18(31)22-21-16(28)10-4-8(23-35-10)7-2-3-9(25)14(27)13(7)20/h2-3,10,12,15,25,27H,4-6H2,1H3,(H,21,28)(H,22,31)(H,29,30)/t10?,12-,15-,19+/m1/s1. The molecule has 36 heavy (non-hydrogen) atoms. The summed E-state index contributed by atoms with van der Waals surface area (Å²) < 4.78 is 28.3. The number of hydrazine groups is 1. The summed E-state index contributed by atoms with van der Waals surface area (Å²) in [7, 11) is -4.18. The number of sulfone groups is 1. The highest BCUT2D eigenvalue weighted by molar-refractivity contribution is 7.94. The van der Waals surface area contributed by atoms with E-state index in [0.29, 0.717) is 0 Å². The minimum absolute atomic E-state index is 0.117. The van der Waals surface area contributed by atoms with Gasteiger partial charge in [-0.25, -0.2) is 23.4 Å². The lowest BCUT2D eigenvalue weighted by molar-refractivity contribution is -0.158. The number of phenols is 2. The van der Waals surface area contributed by atoms with E-state index in [-0.39, 0.29) is 29.1 Å². The number of rotatable bonds is 5. The van der Waals surface area contributed by atoms with Crippen molar-refractivity contribution in [2.45, 2.75) is 42.0 Å². The number of ether oxygens (including phenoxy) is 1. The molecule has 2 fully saturated rings. The van der Waals surface area contributed by atoms with Crippen LogP contribution < -0.4 is 10.9 Å². The van der Waals surface area contributed by atoms with E-state index in [4.69, 9.17) is 21.2 Å². The number of amides is 3. The molecule has 3 amide bonds. The van der Waals surface area contributed by atoms with Crippen LogP contribution in [0.3, 0.4) is 0 Å². The number of nitrogens with zero attached hydrogens (tertiary/aromatic N) is 2. The number of β-lactam (4-membered cyclic amide) rings is 1. The highest BCUT2D eigenvalue weighted by Crippen LogP contribution is 2.46.